The van der Waals surface area contributed by atoms with Crippen molar-refractivity contribution in [2.24, 2.45) is 0 Å². The number of hydrogen-bond donors (Lipinski definition) is 0. The molecule has 0 nitrogen and oxygen atoms in total. The minimum Gasteiger partial charge on any atom is -0.0622 e. The molecule has 9 aromatic carbocycles. The molecule has 0 saturated carbocycles. The first-order valence-corrected chi connectivity index (χ1v) is 16.6. The highest BCUT2D eigenvalue weighted by molar-refractivity contribution is 6.23. The van der Waals surface area contributed by atoms with E-state index in [1.807, 2.05) is 0 Å². The van der Waals surface area contributed by atoms with Gasteiger partial charge in [-0.2, -0.15) is 0 Å². The lowest BCUT2D eigenvalue weighted by atomic mass is 9.83. The summed E-state index contributed by atoms with van der Waals surface area (Å²) in [6, 6.07) is 70.8. The molecule has 0 N–H and O–H groups in total. The fourth-order valence-electron chi connectivity index (χ4n) is 7.28. The van der Waals surface area contributed by atoms with Crippen molar-refractivity contribution in [1.82, 2.24) is 0 Å². The molecule has 0 heterocycles. The Hall–Kier alpha value is -6.24. The molecule has 0 unspecified atom stereocenters. The van der Waals surface area contributed by atoms with Gasteiger partial charge in [-0.3, -0.25) is 0 Å². The third-order valence-corrected chi connectivity index (χ3v) is 9.65. The second-order valence-corrected chi connectivity index (χ2v) is 12.5. The molecular weight excluding hydrogens is 577 g/mol. The van der Waals surface area contributed by atoms with Gasteiger partial charge in [-0.05, 0) is 106 Å². The summed E-state index contributed by atoms with van der Waals surface area (Å²) in [5.41, 5.74) is 12.3. The lowest BCUT2D eigenvalue weighted by molar-refractivity contribution is 1.60. The molecule has 0 aromatic heterocycles. The zero-order valence-electron chi connectivity index (χ0n) is 26.5. The van der Waals surface area contributed by atoms with E-state index in [2.05, 4.69) is 194 Å². The van der Waals surface area contributed by atoms with Crippen molar-refractivity contribution >= 4 is 32.3 Å². The average molecular weight is 609 g/mol. The summed E-state index contributed by atoms with van der Waals surface area (Å²) in [6.07, 6.45) is 0. The van der Waals surface area contributed by atoms with Crippen LogP contribution in [0, 0.1) is 0 Å². The zero-order valence-corrected chi connectivity index (χ0v) is 26.5. The molecule has 0 aliphatic heterocycles. The molecule has 0 aliphatic rings. The molecular formula is C48H32. The minimum atomic E-state index is 1.22. The van der Waals surface area contributed by atoms with Crippen LogP contribution in [-0.4, -0.2) is 0 Å². The topological polar surface area (TPSA) is 0 Å². The smallest absolute Gasteiger partial charge is 0.00259 e. The van der Waals surface area contributed by atoms with E-state index in [9.17, 15) is 0 Å². The first kappa shape index (κ1) is 28.0. The van der Waals surface area contributed by atoms with Crippen LogP contribution in [0.4, 0.5) is 0 Å². The number of benzene rings is 9. The van der Waals surface area contributed by atoms with Gasteiger partial charge in [0, 0.05) is 0 Å². The van der Waals surface area contributed by atoms with Gasteiger partial charge in [0.2, 0.25) is 0 Å². The van der Waals surface area contributed by atoms with E-state index in [-0.39, 0.29) is 0 Å². The fraction of sp³-hybridized carbons (Fsp3) is 0. The maximum absolute atomic E-state index is 2.40. The van der Waals surface area contributed by atoms with Crippen molar-refractivity contribution < 1.29 is 0 Å². The lowest BCUT2D eigenvalue weighted by Gasteiger charge is -2.20. The summed E-state index contributed by atoms with van der Waals surface area (Å²) in [7, 11) is 0. The highest BCUT2D eigenvalue weighted by Crippen LogP contribution is 2.46. The number of hydrogen-bond acceptors (Lipinski definition) is 0. The van der Waals surface area contributed by atoms with Crippen LogP contribution in [0.1, 0.15) is 0 Å². The molecule has 0 saturated heterocycles. The molecule has 9 aromatic rings. The monoisotopic (exact) mass is 608 g/mol. The molecule has 0 fully saturated rings. The molecule has 48 heavy (non-hydrogen) atoms. The predicted octanol–water partition coefficient (Wildman–Crippen LogP) is 13.5. The number of fused-ring (bicyclic) bond motifs is 3. The van der Waals surface area contributed by atoms with E-state index in [0.717, 1.165) is 0 Å². The van der Waals surface area contributed by atoms with E-state index in [4.69, 9.17) is 0 Å². The quantitative estimate of drug-likeness (QED) is 0.171. The van der Waals surface area contributed by atoms with Gasteiger partial charge in [0.05, 0.1) is 0 Å². The van der Waals surface area contributed by atoms with Gasteiger partial charge in [0.25, 0.3) is 0 Å². The molecule has 224 valence electrons. The van der Waals surface area contributed by atoms with Crippen LogP contribution < -0.4 is 0 Å². The van der Waals surface area contributed by atoms with Crippen molar-refractivity contribution in [2.75, 3.05) is 0 Å². The molecule has 0 heteroatoms. The third-order valence-electron chi connectivity index (χ3n) is 9.65. The Bertz CT molecular complexity index is 2560. The van der Waals surface area contributed by atoms with Crippen LogP contribution >= 0.6 is 0 Å². The van der Waals surface area contributed by atoms with Gasteiger partial charge in [0.1, 0.15) is 0 Å². The van der Waals surface area contributed by atoms with E-state index < -0.39 is 0 Å². The zero-order chi connectivity index (χ0) is 31.9. The second kappa shape index (κ2) is 11.8. The molecule has 0 aliphatic carbocycles. The largest absolute Gasteiger partial charge is 0.0622 e. The van der Waals surface area contributed by atoms with Crippen molar-refractivity contribution in [3.8, 4) is 55.6 Å². The van der Waals surface area contributed by atoms with E-state index in [1.54, 1.807) is 0 Å². The van der Waals surface area contributed by atoms with Gasteiger partial charge in [-0.25, -0.2) is 0 Å². The van der Waals surface area contributed by atoms with Crippen LogP contribution in [0.2, 0.25) is 0 Å². The summed E-state index contributed by atoms with van der Waals surface area (Å²) < 4.78 is 0. The Labute approximate surface area is 281 Å². The molecule has 0 amide bonds. The normalized spacial score (nSPS) is 11.3. The Kier molecular flexibility index (Phi) is 6.91. The van der Waals surface area contributed by atoms with E-state index >= 15 is 0 Å². The van der Waals surface area contributed by atoms with Crippen LogP contribution in [0.25, 0.3) is 88.0 Å². The summed E-state index contributed by atoms with van der Waals surface area (Å²) in [6.45, 7) is 0. The summed E-state index contributed by atoms with van der Waals surface area (Å²) in [5, 5.41) is 7.52. The van der Waals surface area contributed by atoms with Crippen molar-refractivity contribution in [1.29, 1.82) is 0 Å². The molecule has 0 bridgehead atoms. The molecule has 0 spiro atoms. The Balaban J connectivity index is 1.38. The maximum Gasteiger partial charge on any atom is -0.00259 e. The van der Waals surface area contributed by atoms with Gasteiger partial charge < -0.3 is 0 Å². The predicted molar refractivity (Wildman–Crippen MR) is 206 cm³/mol. The highest BCUT2D eigenvalue weighted by Gasteiger charge is 2.19. The second-order valence-electron chi connectivity index (χ2n) is 12.5. The van der Waals surface area contributed by atoms with Crippen LogP contribution in [-0.2, 0) is 0 Å². The SMILES string of the molecule is c1ccc(-c2ccc(-c3c4ccc(-c5ccccc5)cc4c(-c4ccc5ccccc5c4)c4ccc(-c5ccccc5)cc34)cc2)cc1. The first-order chi connectivity index (χ1) is 23.8. The van der Waals surface area contributed by atoms with Crippen molar-refractivity contribution in [3.05, 3.63) is 194 Å². The lowest BCUT2D eigenvalue weighted by Crippen LogP contribution is -1.93. The average Bonchev–Trinajstić information content (AvgIpc) is 3.17. The van der Waals surface area contributed by atoms with E-state index in [1.165, 1.54) is 88.0 Å². The Morgan fingerprint density at radius 2 is 0.562 bits per heavy atom. The molecule has 0 radical (unpaired) electrons. The Morgan fingerprint density at radius 3 is 1.10 bits per heavy atom. The maximum atomic E-state index is 2.40. The van der Waals surface area contributed by atoms with Gasteiger partial charge >= 0.3 is 0 Å². The summed E-state index contributed by atoms with van der Waals surface area (Å²) in [5.74, 6) is 0. The van der Waals surface area contributed by atoms with Crippen molar-refractivity contribution in [2.45, 2.75) is 0 Å². The van der Waals surface area contributed by atoms with E-state index in [0.29, 0.717) is 0 Å². The van der Waals surface area contributed by atoms with Gasteiger partial charge in [-0.15, -0.1) is 0 Å². The fourth-order valence-corrected chi connectivity index (χ4v) is 7.28. The van der Waals surface area contributed by atoms with Crippen molar-refractivity contribution in [3.63, 3.8) is 0 Å². The van der Waals surface area contributed by atoms with Crippen LogP contribution in [0.5, 0.6) is 0 Å². The summed E-state index contributed by atoms with van der Waals surface area (Å²) in [4.78, 5) is 0. The van der Waals surface area contributed by atoms with Gasteiger partial charge in [-0.1, -0.05) is 176 Å². The highest BCUT2D eigenvalue weighted by atomic mass is 14.2. The molecule has 9 rings (SSSR count). The Morgan fingerprint density at radius 1 is 0.188 bits per heavy atom. The summed E-state index contributed by atoms with van der Waals surface area (Å²) >= 11 is 0. The standard InChI is InChI=1S/C48H32/c1-4-12-33(13-5-1)37-20-23-38(24-21-37)47-43-28-26-41(35-16-8-3-9-17-35)32-46(43)48(42-25-22-36-18-10-11-19-39(36)30-42)44-29-27-40(31-45(44)47)34-14-6-2-7-15-34/h1-32H. The van der Waals surface area contributed by atoms with Crippen LogP contribution in [0.15, 0.2) is 194 Å². The van der Waals surface area contributed by atoms with Crippen LogP contribution in [0.3, 0.4) is 0 Å². The minimum absolute atomic E-state index is 1.22. The molecule has 0 atom stereocenters. The van der Waals surface area contributed by atoms with Gasteiger partial charge in [0.15, 0.2) is 0 Å². The first-order valence-electron chi connectivity index (χ1n) is 16.6. The third kappa shape index (κ3) is 4.96. The number of rotatable bonds is 5.